The van der Waals surface area contributed by atoms with Gasteiger partial charge in [0, 0.05) is 32.5 Å². The Labute approximate surface area is 96.7 Å². The number of carbonyl (C=O) groups excluding carboxylic acids is 1. The van der Waals surface area contributed by atoms with Crippen LogP contribution in [0.15, 0.2) is 24.5 Å². The van der Waals surface area contributed by atoms with Gasteiger partial charge in [-0.25, -0.2) is 4.79 Å². The van der Waals surface area contributed by atoms with Gasteiger partial charge in [-0.3, -0.25) is 4.98 Å². The molecule has 0 radical (unpaired) electrons. The Morgan fingerprint density at radius 2 is 2.12 bits per heavy atom. The van der Waals surface area contributed by atoms with Crippen molar-refractivity contribution >= 4 is 6.03 Å². The molecule has 0 aliphatic carbocycles. The van der Waals surface area contributed by atoms with Crippen molar-refractivity contribution in [1.29, 1.82) is 0 Å². The van der Waals surface area contributed by atoms with E-state index in [0.717, 1.165) is 24.9 Å². The van der Waals surface area contributed by atoms with Crippen molar-refractivity contribution in [1.82, 2.24) is 15.2 Å². The van der Waals surface area contributed by atoms with E-state index >= 15 is 0 Å². The fourth-order valence-corrected chi connectivity index (χ4v) is 1.31. The lowest BCUT2D eigenvalue weighted by molar-refractivity contribution is 0.207. The summed E-state index contributed by atoms with van der Waals surface area (Å²) >= 11 is 0. The average Bonchev–Trinajstić information content (AvgIpc) is 2.34. The molecule has 1 aromatic heterocycles. The molecule has 0 aliphatic heterocycles. The standard InChI is InChI=1S/C12H19N3O/c1-3-4-9-15(2)12(16)14-10-11-5-7-13-8-6-11/h5-8H,3-4,9-10H2,1-2H3,(H,14,16). The lowest BCUT2D eigenvalue weighted by Gasteiger charge is -2.17. The molecule has 88 valence electrons. The molecule has 1 aromatic rings. The molecule has 0 aliphatic rings. The Hall–Kier alpha value is -1.58. The van der Waals surface area contributed by atoms with E-state index in [0.29, 0.717) is 6.54 Å². The monoisotopic (exact) mass is 221 g/mol. The van der Waals surface area contributed by atoms with Crippen molar-refractivity contribution in [2.24, 2.45) is 0 Å². The van der Waals surface area contributed by atoms with Gasteiger partial charge in [-0.1, -0.05) is 13.3 Å². The van der Waals surface area contributed by atoms with Gasteiger partial charge >= 0.3 is 6.03 Å². The van der Waals surface area contributed by atoms with Crippen molar-refractivity contribution in [3.05, 3.63) is 30.1 Å². The van der Waals surface area contributed by atoms with E-state index in [4.69, 9.17) is 0 Å². The van der Waals surface area contributed by atoms with E-state index in [2.05, 4.69) is 17.2 Å². The highest BCUT2D eigenvalue weighted by atomic mass is 16.2. The summed E-state index contributed by atoms with van der Waals surface area (Å²) in [6, 6.07) is 3.77. The van der Waals surface area contributed by atoms with Gasteiger partial charge < -0.3 is 10.2 Å². The Balaban J connectivity index is 2.29. The Kier molecular flexibility index (Phi) is 5.32. The highest BCUT2D eigenvalue weighted by Gasteiger charge is 2.06. The van der Waals surface area contributed by atoms with Gasteiger partial charge in [0.25, 0.3) is 0 Å². The van der Waals surface area contributed by atoms with E-state index in [1.165, 1.54) is 0 Å². The van der Waals surface area contributed by atoms with Gasteiger partial charge in [-0.2, -0.15) is 0 Å². The molecule has 0 saturated heterocycles. The summed E-state index contributed by atoms with van der Waals surface area (Å²) in [7, 11) is 1.82. The fraction of sp³-hybridized carbons (Fsp3) is 0.500. The third-order valence-corrected chi connectivity index (χ3v) is 2.39. The van der Waals surface area contributed by atoms with Crippen molar-refractivity contribution in [2.45, 2.75) is 26.3 Å². The summed E-state index contributed by atoms with van der Waals surface area (Å²) < 4.78 is 0. The molecule has 0 unspecified atom stereocenters. The lowest BCUT2D eigenvalue weighted by atomic mass is 10.3. The van der Waals surface area contributed by atoms with Gasteiger partial charge in [0.1, 0.15) is 0 Å². The predicted octanol–water partition coefficient (Wildman–Crippen LogP) is 2.02. The van der Waals surface area contributed by atoms with Crippen molar-refractivity contribution in [3.8, 4) is 0 Å². The first-order valence-corrected chi connectivity index (χ1v) is 5.62. The number of urea groups is 1. The second-order valence-electron chi connectivity index (χ2n) is 3.79. The van der Waals surface area contributed by atoms with Crippen LogP contribution in [0.5, 0.6) is 0 Å². The van der Waals surface area contributed by atoms with Crippen LogP contribution in [-0.2, 0) is 6.54 Å². The minimum atomic E-state index is -0.0229. The van der Waals surface area contributed by atoms with E-state index < -0.39 is 0 Å². The molecule has 0 spiro atoms. The number of nitrogens with one attached hydrogen (secondary N) is 1. The second-order valence-corrected chi connectivity index (χ2v) is 3.79. The zero-order valence-electron chi connectivity index (χ0n) is 9.94. The molecule has 0 aromatic carbocycles. The van der Waals surface area contributed by atoms with Crippen LogP contribution in [0.4, 0.5) is 4.79 Å². The Bertz CT molecular complexity index is 313. The van der Waals surface area contributed by atoms with Gasteiger partial charge in [0.05, 0.1) is 0 Å². The van der Waals surface area contributed by atoms with Crippen LogP contribution in [0.3, 0.4) is 0 Å². The number of aromatic nitrogens is 1. The van der Waals surface area contributed by atoms with Crippen LogP contribution < -0.4 is 5.32 Å². The fourth-order valence-electron chi connectivity index (χ4n) is 1.31. The van der Waals surface area contributed by atoms with E-state index in [1.54, 1.807) is 17.3 Å². The molecule has 0 atom stereocenters. The predicted molar refractivity (Wildman–Crippen MR) is 64.0 cm³/mol. The Morgan fingerprint density at radius 1 is 1.44 bits per heavy atom. The van der Waals surface area contributed by atoms with E-state index in [1.807, 2.05) is 19.2 Å². The van der Waals surface area contributed by atoms with Crippen molar-refractivity contribution in [3.63, 3.8) is 0 Å². The van der Waals surface area contributed by atoms with Crippen LogP contribution in [0.2, 0.25) is 0 Å². The number of pyridine rings is 1. The van der Waals surface area contributed by atoms with Crippen LogP contribution in [0, 0.1) is 0 Å². The van der Waals surface area contributed by atoms with Crippen LogP contribution in [-0.4, -0.2) is 29.5 Å². The van der Waals surface area contributed by atoms with E-state index in [-0.39, 0.29) is 6.03 Å². The third kappa shape index (κ3) is 4.29. The van der Waals surface area contributed by atoms with Crippen molar-refractivity contribution < 1.29 is 4.79 Å². The summed E-state index contributed by atoms with van der Waals surface area (Å²) in [6.45, 7) is 3.47. The SMILES string of the molecule is CCCCN(C)C(=O)NCc1ccncc1. The van der Waals surface area contributed by atoms with E-state index in [9.17, 15) is 4.79 Å². The molecule has 1 heterocycles. The van der Waals surface area contributed by atoms with Crippen LogP contribution in [0.1, 0.15) is 25.3 Å². The van der Waals surface area contributed by atoms with Gasteiger partial charge in [0.15, 0.2) is 0 Å². The average molecular weight is 221 g/mol. The zero-order valence-corrected chi connectivity index (χ0v) is 9.94. The van der Waals surface area contributed by atoms with Gasteiger partial charge in [-0.05, 0) is 24.1 Å². The number of unbranched alkanes of at least 4 members (excludes halogenated alkanes) is 1. The maximum atomic E-state index is 11.6. The lowest BCUT2D eigenvalue weighted by Crippen LogP contribution is -2.37. The summed E-state index contributed by atoms with van der Waals surface area (Å²) in [5.41, 5.74) is 1.06. The summed E-state index contributed by atoms with van der Waals surface area (Å²) in [6.07, 6.45) is 5.59. The van der Waals surface area contributed by atoms with Gasteiger partial charge in [0.2, 0.25) is 0 Å². The molecule has 4 nitrogen and oxygen atoms in total. The molecular weight excluding hydrogens is 202 g/mol. The normalized spacial score (nSPS) is 9.88. The topological polar surface area (TPSA) is 45.2 Å². The summed E-state index contributed by atoms with van der Waals surface area (Å²) in [5.74, 6) is 0. The van der Waals surface area contributed by atoms with Gasteiger partial charge in [-0.15, -0.1) is 0 Å². The first-order valence-electron chi connectivity index (χ1n) is 5.62. The Morgan fingerprint density at radius 3 is 2.75 bits per heavy atom. The largest absolute Gasteiger partial charge is 0.334 e. The molecule has 0 saturated carbocycles. The number of amides is 2. The number of nitrogens with zero attached hydrogens (tertiary/aromatic N) is 2. The molecule has 1 N–H and O–H groups in total. The minimum Gasteiger partial charge on any atom is -0.334 e. The van der Waals surface area contributed by atoms with Crippen molar-refractivity contribution in [2.75, 3.05) is 13.6 Å². The number of carbonyl (C=O) groups is 1. The second kappa shape index (κ2) is 6.82. The molecular formula is C12H19N3O. The maximum Gasteiger partial charge on any atom is 0.317 e. The number of hydrogen-bond donors (Lipinski definition) is 1. The minimum absolute atomic E-state index is 0.0229. The highest BCUT2D eigenvalue weighted by molar-refractivity contribution is 5.73. The first kappa shape index (κ1) is 12.5. The molecule has 1 rings (SSSR count). The molecule has 0 fully saturated rings. The molecule has 0 bridgehead atoms. The van der Waals surface area contributed by atoms with Crippen LogP contribution >= 0.6 is 0 Å². The molecule has 4 heteroatoms. The smallest absolute Gasteiger partial charge is 0.317 e. The summed E-state index contributed by atoms with van der Waals surface area (Å²) in [5, 5.41) is 2.87. The first-order chi connectivity index (χ1) is 7.74. The maximum absolute atomic E-state index is 11.6. The number of hydrogen-bond acceptors (Lipinski definition) is 2. The quantitative estimate of drug-likeness (QED) is 0.826. The molecule has 16 heavy (non-hydrogen) atoms. The molecule has 2 amide bonds. The zero-order chi connectivity index (χ0) is 11.8. The summed E-state index contributed by atoms with van der Waals surface area (Å²) in [4.78, 5) is 17.3. The number of rotatable bonds is 5. The highest BCUT2D eigenvalue weighted by Crippen LogP contribution is 1.97. The van der Waals surface area contributed by atoms with Crippen LogP contribution in [0.25, 0.3) is 0 Å². The third-order valence-electron chi connectivity index (χ3n) is 2.39.